The number of rotatable bonds is 3. The Bertz CT molecular complexity index is 214. The molecule has 0 spiro atoms. The van der Waals surface area contributed by atoms with Crippen molar-refractivity contribution in [1.82, 2.24) is 0 Å². The molecule has 0 heterocycles. The van der Waals surface area contributed by atoms with Crippen molar-refractivity contribution >= 4 is 11.8 Å². The average Bonchev–Trinajstić information content (AvgIpc) is 2.17. The summed E-state index contributed by atoms with van der Waals surface area (Å²) in [6, 6.07) is 0. The van der Waals surface area contributed by atoms with Gasteiger partial charge in [-0.15, -0.1) is 11.8 Å². The van der Waals surface area contributed by atoms with Crippen LogP contribution in [0.2, 0.25) is 0 Å². The molecule has 0 N–H and O–H groups in total. The smallest absolute Gasteiger partial charge is 0.0116 e. The first-order chi connectivity index (χ1) is 7.08. The summed E-state index contributed by atoms with van der Waals surface area (Å²) in [6.45, 7) is 6.73. The predicted octanol–water partition coefficient (Wildman–Crippen LogP) is 5.17. The lowest BCUT2D eigenvalue weighted by Crippen LogP contribution is -2.04. The Morgan fingerprint density at radius 1 is 1.00 bits per heavy atom. The molecule has 0 saturated heterocycles. The zero-order valence-electron chi connectivity index (χ0n) is 10.3. The maximum atomic E-state index is 2.39. The van der Waals surface area contributed by atoms with Gasteiger partial charge in [-0.1, -0.05) is 58.3 Å². The molecule has 1 saturated carbocycles. The van der Waals surface area contributed by atoms with E-state index in [-0.39, 0.29) is 0 Å². The minimum Gasteiger partial charge on any atom is -0.128 e. The van der Waals surface area contributed by atoms with E-state index in [1.807, 2.05) is 11.8 Å². The van der Waals surface area contributed by atoms with Gasteiger partial charge in [-0.05, 0) is 24.2 Å². The van der Waals surface area contributed by atoms with Crippen LogP contribution in [-0.4, -0.2) is 4.75 Å². The van der Waals surface area contributed by atoms with E-state index >= 15 is 0 Å². The summed E-state index contributed by atoms with van der Waals surface area (Å²) in [7, 11) is 0. The second kappa shape index (κ2) is 6.42. The van der Waals surface area contributed by atoms with Gasteiger partial charge in [0.25, 0.3) is 0 Å². The van der Waals surface area contributed by atoms with E-state index in [9.17, 15) is 0 Å². The van der Waals surface area contributed by atoms with Crippen LogP contribution in [0.25, 0.3) is 0 Å². The van der Waals surface area contributed by atoms with Gasteiger partial charge in [0.15, 0.2) is 0 Å². The Balaban J connectivity index is 2.20. The molecule has 0 aromatic heterocycles. The molecule has 0 nitrogen and oxygen atoms in total. The van der Waals surface area contributed by atoms with Crippen LogP contribution in [0.4, 0.5) is 0 Å². The third-order valence-electron chi connectivity index (χ3n) is 2.64. The maximum absolute atomic E-state index is 2.39. The lowest BCUT2D eigenvalue weighted by molar-refractivity contribution is 0.419. The molecule has 0 aromatic carbocycles. The molecule has 1 fully saturated rings. The fraction of sp³-hybridized carbons (Fsp3) is 0.714. The molecule has 0 aromatic rings. The van der Waals surface area contributed by atoms with Gasteiger partial charge in [-0.2, -0.15) is 0 Å². The van der Waals surface area contributed by atoms with E-state index in [2.05, 4.69) is 44.4 Å². The average molecular weight is 224 g/mol. The van der Waals surface area contributed by atoms with Crippen LogP contribution in [-0.2, 0) is 0 Å². The molecule has 0 bridgehead atoms. The molecule has 0 unspecified atom stereocenters. The van der Waals surface area contributed by atoms with Crippen molar-refractivity contribution in [3.63, 3.8) is 0 Å². The third-order valence-corrected chi connectivity index (χ3v) is 3.64. The van der Waals surface area contributed by atoms with Gasteiger partial charge in [-0.3, -0.25) is 0 Å². The van der Waals surface area contributed by atoms with Gasteiger partial charge >= 0.3 is 0 Å². The Hall–Kier alpha value is -0.170. The first kappa shape index (κ1) is 12.9. The first-order valence-corrected chi connectivity index (χ1v) is 6.97. The van der Waals surface area contributed by atoms with Crippen molar-refractivity contribution in [3.8, 4) is 0 Å². The van der Waals surface area contributed by atoms with Crippen molar-refractivity contribution in [2.75, 3.05) is 0 Å². The minimum atomic E-state index is 0.342. The van der Waals surface area contributed by atoms with Gasteiger partial charge in [-0.25, -0.2) is 0 Å². The Morgan fingerprint density at radius 2 is 1.67 bits per heavy atom. The normalized spacial score (nSPS) is 20.5. The fourth-order valence-corrected chi connectivity index (χ4v) is 2.41. The molecule has 0 radical (unpaired) electrons. The molecule has 1 rings (SSSR count). The lowest BCUT2D eigenvalue weighted by Gasteiger charge is -2.17. The summed E-state index contributed by atoms with van der Waals surface area (Å²) >= 11 is 1.89. The zero-order valence-corrected chi connectivity index (χ0v) is 11.1. The molecule has 86 valence electrons. The highest BCUT2D eigenvalue weighted by molar-refractivity contribution is 8.03. The SMILES string of the molecule is CC(C)(C)S/C=C/C=C/C1CCCCC1. The van der Waals surface area contributed by atoms with Gasteiger partial charge < -0.3 is 0 Å². The Morgan fingerprint density at radius 3 is 2.27 bits per heavy atom. The third kappa shape index (κ3) is 6.83. The van der Waals surface area contributed by atoms with Crippen molar-refractivity contribution in [3.05, 3.63) is 23.6 Å². The van der Waals surface area contributed by atoms with E-state index in [1.165, 1.54) is 32.1 Å². The summed E-state index contributed by atoms with van der Waals surface area (Å²) in [4.78, 5) is 0. The van der Waals surface area contributed by atoms with Crippen LogP contribution >= 0.6 is 11.8 Å². The summed E-state index contributed by atoms with van der Waals surface area (Å²) in [6.07, 6.45) is 13.9. The second-order valence-electron chi connectivity index (χ2n) is 5.34. The Labute approximate surface area is 99.2 Å². The highest BCUT2D eigenvalue weighted by Crippen LogP contribution is 2.25. The van der Waals surface area contributed by atoms with Crippen LogP contribution in [0.5, 0.6) is 0 Å². The van der Waals surface area contributed by atoms with Crippen LogP contribution in [0, 0.1) is 5.92 Å². The van der Waals surface area contributed by atoms with Crippen LogP contribution in [0.15, 0.2) is 23.6 Å². The molecule has 1 aliphatic carbocycles. The molecule has 0 aliphatic heterocycles. The van der Waals surface area contributed by atoms with Crippen LogP contribution in [0.3, 0.4) is 0 Å². The standard InChI is InChI=1S/C14H24S/c1-14(2,3)15-12-8-7-11-13-9-5-4-6-10-13/h7-8,11-13H,4-6,9-10H2,1-3H3/b11-7+,12-8+. The number of hydrogen-bond acceptors (Lipinski definition) is 1. The molecule has 15 heavy (non-hydrogen) atoms. The van der Waals surface area contributed by atoms with Gasteiger partial charge in [0.05, 0.1) is 0 Å². The number of allylic oxidation sites excluding steroid dienone is 3. The highest BCUT2D eigenvalue weighted by Gasteiger charge is 2.09. The molecule has 0 atom stereocenters. The van der Waals surface area contributed by atoms with E-state index < -0.39 is 0 Å². The zero-order chi connectivity index (χ0) is 11.1. The summed E-state index contributed by atoms with van der Waals surface area (Å²) in [5, 5.41) is 2.21. The highest BCUT2D eigenvalue weighted by atomic mass is 32.2. The predicted molar refractivity (Wildman–Crippen MR) is 72.2 cm³/mol. The van der Waals surface area contributed by atoms with Gasteiger partial charge in [0.2, 0.25) is 0 Å². The fourth-order valence-electron chi connectivity index (χ4n) is 1.84. The molecule has 1 heteroatoms. The summed E-state index contributed by atoms with van der Waals surface area (Å²) in [5.41, 5.74) is 0. The van der Waals surface area contributed by atoms with Crippen molar-refractivity contribution in [2.24, 2.45) is 5.92 Å². The van der Waals surface area contributed by atoms with Gasteiger partial charge in [0.1, 0.15) is 0 Å². The molecule has 0 amide bonds. The Kier molecular flexibility index (Phi) is 5.52. The van der Waals surface area contributed by atoms with E-state index in [4.69, 9.17) is 0 Å². The number of thioether (sulfide) groups is 1. The minimum absolute atomic E-state index is 0.342. The van der Waals surface area contributed by atoms with Crippen LogP contribution < -0.4 is 0 Å². The van der Waals surface area contributed by atoms with Crippen LogP contribution in [0.1, 0.15) is 52.9 Å². The molecular formula is C14H24S. The molecule has 1 aliphatic rings. The van der Waals surface area contributed by atoms with Crippen molar-refractivity contribution in [1.29, 1.82) is 0 Å². The van der Waals surface area contributed by atoms with E-state index in [1.54, 1.807) is 0 Å². The quantitative estimate of drug-likeness (QED) is 0.596. The van der Waals surface area contributed by atoms with E-state index in [0.717, 1.165) is 5.92 Å². The second-order valence-corrected chi connectivity index (χ2v) is 7.07. The summed E-state index contributed by atoms with van der Waals surface area (Å²) < 4.78 is 0.342. The van der Waals surface area contributed by atoms with E-state index in [0.29, 0.717) is 4.75 Å². The van der Waals surface area contributed by atoms with Crippen molar-refractivity contribution in [2.45, 2.75) is 57.6 Å². The lowest BCUT2D eigenvalue weighted by atomic mass is 9.89. The molecular weight excluding hydrogens is 200 g/mol. The maximum Gasteiger partial charge on any atom is 0.0116 e. The topological polar surface area (TPSA) is 0 Å². The monoisotopic (exact) mass is 224 g/mol. The first-order valence-electron chi connectivity index (χ1n) is 6.09. The largest absolute Gasteiger partial charge is 0.128 e. The summed E-state index contributed by atoms with van der Waals surface area (Å²) in [5.74, 6) is 0.850. The van der Waals surface area contributed by atoms with Crippen molar-refractivity contribution < 1.29 is 0 Å². The number of hydrogen-bond donors (Lipinski definition) is 0. The van der Waals surface area contributed by atoms with Gasteiger partial charge in [0, 0.05) is 4.75 Å².